The van der Waals surface area contributed by atoms with Gasteiger partial charge in [0.25, 0.3) is 0 Å². The quantitative estimate of drug-likeness (QED) is 0.732. The van der Waals surface area contributed by atoms with Crippen molar-refractivity contribution in [2.24, 2.45) is 0 Å². The largest absolute Gasteiger partial charge is 0.351 e. The number of hydrogen-bond acceptors (Lipinski definition) is 5. The van der Waals surface area contributed by atoms with Crippen molar-refractivity contribution in [3.05, 3.63) is 29.8 Å². The number of amides is 1. The third-order valence-electron chi connectivity index (χ3n) is 3.66. The molecule has 7 nitrogen and oxygen atoms in total. The van der Waals surface area contributed by atoms with Gasteiger partial charge in [0, 0.05) is 6.04 Å². The Balaban J connectivity index is 1.89. The zero-order valence-electron chi connectivity index (χ0n) is 12.8. The van der Waals surface area contributed by atoms with E-state index >= 15 is 0 Å². The van der Waals surface area contributed by atoms with Gasteiger partial charge in [-0.1, -0.05) is 19.1 Å². The van der Waals surface area contributed by atoms with Gasteiger partial charge in [0.05, 0.1) is 22.9 Å². The lowest BCUT2D eigenvalue weighted by Crippen LogP contribution is -2.42. The third kappa shape index (κ3) is 5.02. The van der Waals surface area contributed by atoms with Crippen LogP contribution in [0.4, 0.5) is 0 Å². The third-order valence-corrected chi connectivity index (χ3v) is 6.85. The molecule has 1 saturated heterocycles. The first-order valence-electron chi connectivity index (χ1n) is 7.30. The predicted octanol–water partition coefficient (Wildman–Crippen LogP) is -0.169. The molecule has 9 heteroatoms. The van der Waals surface area contributed by atoms with E-state index in [9.17, 15) is 21.6 Å². The Kier molecular flexibility index (Phi) is 5.43. The second-order valence-electron chi connectivity index (χ2n) is 5.49. The first kappa shape index (κ1) is 17.9. The maximum Gasteiger partial charge on any atom is 0.241 e. The van der Waals surface area contributed by atoms with Crippen molar-refractivity contribution in [1.29, 1.82) is 0 Å². The van der Waals surface area contributed by atoms with Gasteiger partial charge >= 0.3 is 0 Å². The normalized spacial score (nSPS) is 20.3. The van der Waals surface area contributed by atoms with Gasteiger partial charge in [-0.15, -0.1) is 0 Å². The molecule has 0 saturated carbocycles. The van der Waals surface area contributed by atoms with Crippen LogP contribution in [0.2, 0.25) is 0 Å². The van der Waals surface area contributed by atoms with Crippen LogP contribution in [0, 0.1) is 0 Å². The lowest BCUT2D eigenvalue weighted by Gasteiger charge is -2.12. The molecule has 1 heterocycles. The smallest absolute Gasteiger partial charge is 0.241 e. The van der Waals surface area contributed by atoms with Crippen LogP contribution in [-0.2, 0) is 31.1 Å². The van der Waals surface area contributed by atoms with Crippen LogP contribution < -0.4 is 10.0 Å². The SMILES string of the molecule is CCc1ccc(S(=O)(=O)NCC(=O)NC2CCS(=O)(=O)C2)cc1. The maximum atomic E-state index is 12.1. The van der Waals surface area contributed by atoms with Crippen LogP contribution in [0.3, 0.4) is 0 Å². The summed E-state index contributed by atoms with van der Waals surface area (Å²) in [4.78, 5) is 11.8. The van der Waals surface area contributed by atoms with Crippen molar-refractivity contribution in [1.82, 2.24) is 10.0 Å². The zero-order valence-corrected chi connectivity index (χ0v) is 14.4. The molecule has 1 aliphatic rings. The van der Waals surface area contributed by atoms with E-state index in [1.807, 2.05) is 6.92 Å². The summed E-state index contributed by atoms with van der Waals surface area (Å²) < 4.78 is 49.0. The summed E-state index contributed by atoms with van der Waals surface area (Å²) in [5.74, 6) is -0.585. The van der Waals surface area contributed by atoms with Crippen LogP contribution in [0.1, 0.15) is 18.9 Å². The standard InChI is InChI=1S/C14H20N2O5S2/c1-2-11-3-5-13(6-4-11)23(20,21)15-9-14(17)16-12-7-8-22(18,19)10-12/h3-6,12,15H,2,7-10H2,1H3,(H,16,17). The summed E-state index contributed by atoms with van der Waals surface area (Å²) in [7, 11) is -6.85. The molecule has 0 aromatic heterocycles. The summed E-state index contributed by atoms with van der Waals surface area (Å²) in [6.45, 7) is 1.55. The van der Waals surface area contributed by atoms with Gasteiger partial charge in [-0.3, -0.25) is 4.79 Å². The first-order chi connectivity index (χ1) is 10.7. The highest BCUT2D eigenvalue weighted by molar-refractivity contribution is 7.91. The van der Waals surface area contributed by atoms with Crippen LogP contribution in [0.25, 0.3) is 0 Å². The molecule has 2 N–H and O–H groups in total. The molecule has 1 aliphatic heterocycles. The minimum Gasteiger partial charge on any atom is -0.351 e. The number of sulfone groups is 1. The second-order valence-corrected chi connectivity index (χ2v) is 9.49. The van der Waals surface area contributed by atoms with Crippen molar-refractivity contribution in [2.75, 3.05) is 18.1 Å². The van der Waals surface area contributed by atoms with Crippen molar-refractivity contribution in [3.63, 3.8) is 0 Å². The van der Waals surface area contributed by atoms with E-state index in [0.29, 0.717) is 6.42 Å². The molecule has 1 atom stereocenters. The molecule has 0 radical (unpaired) electrons. The Morgan fingerprint density at radius 1 is 1.26 bits per heavy atom. The van der Waals surface area contributed by atoms with Gasteiger partial charge in [0.1, 0.15) is 0 Å². The van der Waals surface area contributed by atoms with Gasteiger partial charge < -0.3 is 5.32 Å². The summed E-state index contributed by atoms with van der Waals surface area (Å²) in [5, 5.41) is 2.53. The Morgan fingerprint density at radius 2 is 1.91 bits per heavy atom. The fourth-order valence-electron chi connectivity index (χ4n) is 2.34. The Bertz CT molecular complexity index is 770. The maximum absolute atomic E-state index is 12.1. The number of carbonyl (C=O) groups is 1. The number of nitrogens with one attached hydrogen (secondary N) is 2. The lowest BCUT2D eigenvalue weighted by atomic mass is 10.2. The van der Waals surface area contributed by atoms with E-state index in [4.69, 9.17) is 0 Å². The molecule has 1 aromatic carbocycles. The van der Waals surface area contributed by atoms with E-state index < -0.39 is 38.4 Å². The van der Waals surface area contributed by atoms with Crippen LogP contribution in [0.15, 0.2) is 29.2 Å². The number of carbonyl (C=O) groups excluding carboxylic acids is 1. The van der Waals surface area contributed by atoms with Gasteiger partial charge in [0.2, 0.25) is 15.9 Å². The average molecular weight is 360 g/mol. The van der Waals surface area contributed by atoms with E-state index in [1.54, 1.807) is 12.1 Å². The molecular formula is C14H20N2O5S2. The zero-order chi connectivity index (χ0) is 17.1. The summed E-state index contributed by atoms with van der Waals surface area (Å²) >= 11 is 0. The minimum atomic E-state index is -3.77. The highest BCUT2D eigenvalue weighted by Crippen LogP contribution is 2.12. The fraction of sp³-hybridized carbons (Fsp3) is 0.500. The Morgan fingerprint density at radius 3 is 2.43 bits per heavy atom. The first-order valence-corrected chi connectivity index (χ1v) is 10.6. The van der Waals surface area contributed by atoms with E-state index in [2.05, 4.69) is 10.0 Å². The number of aryl methyl sites for hydroxylation is 1. The highest BCUT2D eigenvalue weighted by Gasteiger charge is 2.29. The Hall–Kier alpha value is -1.45. The molecule has 23 heavy (non-hydrogen) atoms. The molecule has 1 amide bonds. The predicted molar refractivity (Wildman–Crippen MR) is 86.2 cm³/mol. The summed E-state index contributed by atoms with van der Waals surface area (Å²) in [6, 6.07) is 5.97. The summed E-state index contributed by atoms with van der Waals surface area (Å²) in [5.41, 5.74) is 1.02. The molecule has 1 aromatic rings. The van der Waals surface area contributed by atoms with Crippen LogP contribution >= 0.6 is 0 Å². The summed E-state index contributed by atoms with van der Waals surface area (Å²) in [6.07, 6.45) is 1.17. The van der Waals surface area contributed by atoms with E-state index in [-0.39, 0.29) is 16.4 Å². The van der Waals surface area contributed by atoms with Gasteiger partial charge in [-0.05, 0) is 30.5 Å². The van der Waals surface area contributed by atoms with Crippen LogP contribution in [0.5, 0.6) is 0 Å². The van der Waals surface area contributed by atoms with Crippen molar-refractivity contribution < 1.29 is 21.6 Å². The highest BCUT2D eigenvalue weighted by atomic mass is 32.2. The van der Waals surface area contributed by atoms with Crippen molar-refractivity contribution in [3.8, 4) is 0 Å². The number of benzene rings is 1. The van der Waals surface area contributed by atoms with Crippen molar-refractivity contribution in [2.45, 2.75) is 30.7 Å². The number of hydrogen-bond donors (Lipinski definition) is 2. The Labute approximate surface area is 136 Å². The molecule has 0 aliphatic carbocycles. The lowest BCUT2D eigenvalue weighted by molar-refractivity contribution is -0.120. The molecule has 128 valence electrons. The van der Waals surface area contributed by atoms with Crippen molar-refractivity contribution >= 4 is 25.8 Å². The average Bonchev–Trinajstić information content (AvgIpc) is 2.84. The number of rotatable bonds is 6. The monoisotopic (exact) mass is 360 g/mol. The van der Waals surface area contributed by atoms with E-state index in [0.717, 1.165) is 12.0 Å². The van der Waals surface area contributed by atoms with Gasteiger partial charge in [-0.25, -0.2) is 21.6 Å². The molecule has 1 unspecified atom stereocenters. The fourth-order valence-corrected chi connectivity index (χ4v) is 4.99. The topological polar surface area (TPSA) is 109 Å². The van der Waals surface area contributed by atoms with Gasteiger partial charge in [0.15, 0.2) is 9.84 Å². The molecule has 2 rings (SSSR count). The van der Waals surface area contributed by atoms with Crippen LogP contribution in [-0.4, -0.2) is 46.8 Å². The molecular weight excluding hydrogens is 340 g/mol. The minimum absolute atomic E-state index is 0.0491. The second kappa shape index (κ2) is 6.98. The molecule has 0 spiro atoms. The molecule has 0 bridgehead atoms. The van der Waals surface area contributed by atoms with Gasteiger partial charge in [-0.2, -0.15) is 0 Å². The van der Waals surface area contributed by atoms with E-state index in [1.165, 1.54) is 12.1 Å². The molecule has 1 fully saturated rings. The number of sulfonamides is 1.